The van der Waals surface area contributed by atoms with Crippen LogP contribution < -0.4 is 5.32 Å². The van der Waals surface area contributed by atoms with Crippen LogP contribution in [0.5, 0.6) is 0 Å². The minimum atomic E-state index is -4.10. The van der Waals surface area contributed by atoms with Crippen LogP contribution in [0.25, 0.3) is 11.5 Å². The summed E-state index contributed by atoms with van der Waals surface area (Å²) in [5.74, 6) is 0.972. The zero-order valence-electron chi connectivity index (χ0n) is 10.6. The van der Waals surface area contributed by atoms with Crippen LogP contribution in [0.1, 0.15) is 13.0 Å². The summed E-state index contributed by atoms with van der Waals surface area (Å²) in [6.45, 7) is 2.54. The maximum Gasteiger partial charge on any atom is 0.327 e. The summed E-state index contributed by atoms with van der Waals surface area (Å²) in [7, 11) is -4.10. The van der Waals surface area contributed by atoms with Crippen LogP contribution in [-0.4, -0.2) is 52.7 Å². The molecule has 10 nitrogen and oxygen atoms in total. The molecule has 0 amide bonds. The lowest BCUT2D eigenvalue weighted by molar-refractivity contribution is 0.326. The van der Waals surface area contributed by atoms with Crippen molar-refractivity contribution in [3.05, 3.63) is 6.20 Å². The highest BCUT2D eigenvalue weighted by atomic mass is 31.2. The summed E-state index contributed by atoms with van der Waals surface area (Å²) in [6.07, 6.45) is 1.47. The van der Waals surface area contributed by atoms with Gasteiger partial charge < -0.3 is 19.7 Å². The van der Waals surface area contributed by atoms with Crippen molar-refractivity contribution in [3.8, 4) is 11.5 Å². The van der Waals surface area contributed by atoms with Crippen molar-refractivity contribution in [1.82, 2.24) is 30.2 Å². The van der Waals surface area contributed by atoms with Crippen LogP contribution in [0.15, 0.2) is 6.20 Å². The third-order valence-electron chi connectivity index (χ3n) is 3.33. The summed E-state index contributed by atoms with van der Waals surface area (Å²) in [6, 6.07) is -0.319. The lowest BCUT2D eigenvalue weighted by atomic mass is 10.0. The normalized spacial score (nSPS) is 22.4. The molecule has 2 unspecified atom stereocenters. The van der Waals surface area contributed by atoms with Gasteiger partial charge in [-0.2, -0.15) is 5.21 Å². The summed E-state index contributed by atoms with van der Waals surface area (Å²) in [5, 5.41) is 16.6. The van der Waals surface area contributed by atoms with Crippen molar-refractivity contribution in [3.63, 3.8) is 0 Å². The lowest BCUT2D eigenvalue weighted by Crippen LogP contribution is -2.32. The van der Waals surface area contributed by atoms with Gasteiger partial charge in [-0.25, -0.2) is 4.98 Å². The highest BCUT2D eigenvalue weighted by Gasteiger charge is 2.33. The molecule has 0 saturated carbocycles. The Kier molecular flexibility index (Phi) is 3.08. The van der Waals surface area contributed by atoms with Gasteiger partial charge in [0.25, 0.3) is 0 Å². The molecule has 11 heteroatoms. The number of aromatic nitrogens is 6. The molecule has 108 valence electrons. The van der Waals surface area contributed by atoms with Crippen molar-refractivity contribution < 1.29 is 14.4 Å². The fourth-order valence-corrected chi connectivity index (χ4v) is 3.35. The number of tetrazole rings is 1. The van der Waals surface area contributed by atoms with Gasteiger partial charge in [-0.15, -0.1) is 10.2 Å². The molecule has 20 heavy (non-hydrogen) atoms. The SMILES string of the molecule is CC1CNc2nc(-c3nn[nH]n3)cn2C1CP(=O)(O)O. The fourth-order valence-electron chi connectivity index (χ4n) is 2.33. The summed E-state index contributed by atoms with van der Waals surface area (Å²) in [5.41, 5.74) is 0.506. The van der Waals surface area contributed by atoms with Crippen molar-refractivity contribution in [2.45, 2.75) is 13.0 Å². The van der Waals surface area contributed by atoms with Crippen LogP contribution in [0.3, 0.4) is 0 Å². The van der Waals surface area contributed by atoms with E-state index in [0.29, 0.717) is 24.0 Å². The minimum Gasteiger partial charge on any atom is -0.355 e. The minimum absolute atomic E-state index is 0.0717. The highest BCUT2D eigenvalue weighted by Crippen LogP contribution is 2.43. The molecule has 2 atom stereocenters. The Hall–Kier alpha value is -1.77. The molecule has 0 aromatic carbocycles. The molecule has 1 aliphatic rings. The zero-order chi connectivity index (χ0) is 14.3. The van der Waals surface area contributed by atoms with Gasteiger partial charge in [0.1, 0.15) is 5.69 Å². The number of nitrogens with one attached hydrogen (secondary N) is 2. The van der Waals surface area contributed by atoms with Crippen molar-refractivity contribution in [1.29, 1.82) is 0 Å². The summed E-state index contributed by atoms with van der Waals surface area (Å²) in [4.78, 5) is 22.8. The van der Waals surface area contributed by atoms with Crippen molar-refractivity contribution >= 4 is 13.5 Å². The molecule has 3 heterocycles. The number of hydrogen-bond donors (Lipinski definition) is 4. The predicted octanol–water partition coefficient (Wildman–Crippen LogP) is -0.156. The quantitative estimate of drug-likeness (QED) is 0.573. The Morgan fingerprint density at radius 1 is 1.55 bits per heavy atom. The molecule has 0 spiro atoms. The molecule has 1 aliphatic heterocycles. The average molecular weight is 299 g/mol. The summed E-state index contributed by atoms with van der Waals surface area (Å²) < 4.78 is 13.0. The molecule has 0 radical (unpaired) electrons. The summed E-state index contributed by atoms with van der Waals surface area (Å²) >= 11 is 0. The molecule has 3 rings (SSSR count). The number of H-pyrrole nitrogens is 1. The number of imidazole rings is 1. The van der Waals surface area contributed by atoms with Gasteiger partial charge in [0.15, 0.2) is 0 Å². The monoisotopic (exact) mass is 299 g/mol. The van der Waals surface area contributed by atoms with E-state index in [-0.39, 0.29) is 18.1 Å². The van der Waals surface area contributed by atoms with E-state index >= 15 is 0 Å². The molecule has 0 saturated heterocycles. The van der Waals surface area contributed by atoms with Crippen LogP contribution in [0.2, 0.25) is 0 Å². The second kappa shape index (κ2) is 4.65. The molecule has 0 fully saturated rings. The van der Waals surface area contributed by atoms with E-state index in [4.69, 9.17) is 0 Å². The molecular weight excluding hydrogens is 285 g/mol. The van der Waals surface area contributed by atoms with Gasteiger partial charge >= 0.3 is 7.60 Å². The van der Waals surface area contributed by atoms with Gasteiger partial charge in [-0.3, -0.25) is 4.57 Å². The first-order chi connectivity index (χ1) is 9.44. The van der Waals surface area contributed by atoms with E-state index in [0.717, 1.165) is 0 Å². The molecule has 2 aromatic rings. The number of fused-ring (bicyclic) bond motifs is 1. The predicted molar refractivity (Wildman–Crippen MR) is 69.0 cm³/mol. The molecule has 2 aromatic heterocycles. The molecule has 0 bridgehead atoms. The number of rotatable bonds is 3. The van der Waals surface area contributed by atoms with Crippen LogP contribution in [0, 0.1) is 5.92 Å². The van der Waals surface area contributed by atoms with Crippen LogP contribution >= 0.6 is 7.60 Å². The first kappa shape index (κ1) is 13.2. The standard InChI is InChI=1S/C9H14N7O3P/c1-5-2-10-9-11-6(8-12-14-15-13-8)3-16(9)7(5)4-20(17,18)19/h3,5,7H,2,4H2,1H3,(H,10,11)(H2,17,18,19)(H,12,13,14,15). The molecule has 4 N–H and O–H groups in total. The smallest absolute Gasteiger partial charge is 0.327 e. The van der Waals surface area contributed by atoms with E-state index in [2.05, 4.69) is 30.9 Å². The van der Waals surface area contributed by atoms with E-state index in [9.17, 15) is 14.4 Å². The van der Waals surface area contributed by atoms with Gasteiger partial charge in [0.05, 0.1) is 12.2 Å². The molecule has 0 aliphatic carbocycles. The Balaban J connectivity index is 1.98. The van der Waals surface area contributed by atoms with Crippen molar-refractivity contribution in [2.24, 2.45) is 5.92 Å². The Morgan fingerprint density at radius 2 is 2.35 bits per heavy atom. The topological polar surface area (TPSA) is 142 Å². The Bertz CT molecular complexity index is 649. The second-order valence-corrected chi connectivity index (χ2v) is 6.56. The zero-order valence-corrected chi connectivity index (χ0v) is 11.5. The largest absolute Gasteiger partial charge is 0.355 e. The Labute approximate surface area is 113 Å². The van der Waals surface area contributed by atoms with E-state index in [1.165, 1.54) is 0 Å². The molecular formula is C9H14N7O3P. The van der Waals surface area contributed by atoms with E-state index in [1.54, 1.807) is 10.8 Å². The fraction of sp³-hybridized carbons (Fsp3) is 0.556. The third-order valence-corrected chi connectivity index (χ3v) is 4.18. The second-order valence-electron chi connectivity index (χ2n) is 4.87. The Morgan fingerprint density at radius 3 is 3.00 bits per heavy atom. The van der Waals surface area contributed by atoms with Crippen LogP contribution in [-0.2, 0) is 4.57 Å². The highest BCUT2D eigenvalue weighted by molar-refractivity contribution is 7.51. The number of nitrogens with zero attached hydrogens (tertiary/aromatic N) is 5. The third kappa shape index (κ3) is 2.45. The number of hydrogen-bond acceptors (Lipinski definition) is 6. The van der Waals surface area contributed by atoms with Gasteiger partial charge in [0.2, 0.25) is 11.8 Å². The first-order valence-electron chi connectivity index (χ1n) is 6.05. The van der Waals surface area contributed by atoms with E-state index < -0.39 is 7.60 Å². The van der Waals surface area contributed by atoms with E-state index in [1.807, 2.05) is 6.92 Å². The average Bonchev–Trinajstić information content (AvgIpc) is 2.99. The number of aromatic amines is 1. The van der Waals surface area contributed by atoms with Gasteiger partial charge in [-0.05, 0) is 11.1 Å². The van der Waals surface area contributed by atoms with Crippen molar-refractivity contribution in [2.75, 3.05) is 18.0 Å². The van der Waals surface area contributed by atoms with Gasteiger partial charge in [0, 0.05) is 12.7 Å². The lowest BCUT2D eigenvalue weighted by Gasteiger charge is -2.31. The first-order valence-corrected chi connectivity index (χ1v) is 7.85. The van der Waals surface area contributed by atoms with Crippen LogP contribution in [0.4, 0.5) is 5.95 Å². The maximum atomic E-state index is 11.3. The van der Waals surface area contributed by atoms with Gasteiger partial charge in [-0.1, -0.05) is 6.92 Å². The maximum absolute atomic E-state index is 11.3. The number of anilines is 1.